The monoisotopic (exact) mass is 447 g/mol. The first-order valence-corrected chi connectivity index (χ1v) is 12.1. The highest BCUT2D eigenvalue weighted by atomic mass is 32.2. The number of nitrogens with one attached hydrogen (secondary N) is 2. The average molecular weight is 448 g/mol. The Morgan fingerprint density at radius 2 is 2.10 bits per heavy atom. The molecule has 1 aromatic heterocycles. The van der Waals surface area contributed by atoms with Crippen molar-refractivity contribution in [1.82, 2.24) is 15.1 Å². The molecule has 2 heterocycles. The van der Waals surface area contributed by atoms with Crippen LogP contribution in [-0.2, 0) is 21.2 Å². The fourth-order valence-corrected chi connectivity index (χ4v) is 5.52. The second-order valence-corrected chi connectivity index (χ2v) is 10.7. The van der Waals surface area contributed by atoms with E-state index in [-0.39, 0.29) is 23.9 Å². The number of carbonyl (C=O) groups is 1. The van der Waals surface area contributed by atoms with Crippen molar-refractivity contribution >= 4 is 33.3 Å². The summed E-state index contributed by atoms with van der Waals surface area (Å²) in [5, 5.41) is 10.8. The maximum absolute atomic E-state index is 12.4. The van der Waals surface area contributed by atoms with Crippen LogP contribution in [0.15, 0.2) is 18.2 Å². The Labute approximate surface area is 182 Å². The molecule has 9 nitrogen and oxygen atoms in total. The lowest BCUT2D eigenvalue weighted by Crippen LogP contribution is -2.35. The highest BCUT2D eigenvalue weighted by Gasteiger charge is 2.32. The van der Waals surface area contributed by atoms with Crippen molar-refractivity contribution in [3.05, 3.63) is 35.0 Å². The number of hydrogen-bond donors (Lipinski definition) is 2. The minimum Gasteiger partial charge on any atom is -0.446 e. The number of fused-ring (bicyclic) bond motifs is 1. The summed E-state index contributed by atoms with van der Waals surface area (Å²) in [5.74, 6) is 0.987. The van der Waals surface area contributed by atoms with Crippen molar-refractivity contribution in [2.24, 2.45) is 0 Å². The molecule has 4 rings (SSSR count). The first-order valence-electron chi connectivity index (χ1n) is 10.4. The van der Waals surface area contributed by atoms with E-state index in [2.05, 4.69) is 15.5 Å². The third-order valence-corrected chi connectivity index (χ3v) is 7.88. The lowest BCUT2D eigenvalue weighted by Gasteiger charge is -2.30. The molecule has 0 bridgehead atoms. The summed E-state index contributed by atoms with van der Waals surface area (Å²) < 4.78 is 31.7. The van der Waals surface area contributed by atoms with Gasteiger partial charge in [-0.05, 0) is 43.7 Å². The molecule has 2 aromatic rings. The number of nitrogens with zero attached hydrogens (tertiary/aromatic N) is 3. The van der Waals surface area contributed by atoms with Crippen molar-refractivity contribution in [3.8, 4) is 0 Å². The quantitative estimate of drug-likeness (QED) is 0.746. The fraction of sp³-hybridized carbons (Fsp3) is 0.524. The van der Waals surface area contributed by atoms with E-state index >= 15 is 0 Å². The van der Waals surface area contributed by atoms with Gasteiger partial charge < -0.3 is 15.0 Å². The van der Waals surface area contributed by atoms with E-state index in [1.165, 1.54) is 9.21 Å². The number of sulfonamides is 1. The molecule has 31 heavy (non-hydrogen) atoms. The molecule has 1 saturated carbocycles. The van der Waals surface area contributed by atoms with E-state index in [0.29, 0.717) is 17.9 Å². The third kappa shape index (κ3) is 4.21. The predicted molar refractivity (Wildman–Crippen MR) is 119 cm³/mol. The molecular formula is C21H29N5O4S. The lowest BCUT2D eigenvalue weighted by molar-refractivity contribution is 0.0770. The van der Waals surface area contributed by atoms with E-state index in [1.54, 1.807) is 21.1 Å². The third-order valence-electron chi connectivity index (χ3n) is 6.14. The van der Waals surface area contributed by atoms with Crippen LogP contribution in [-0.4, -0.2) is 62.6 Å². The Bertz CT molecular complexity index is 1100. The van der Waals surface area contributed by atoms with E-state index in [0.717, 1.165) is 41.8 Å². The van der Waals surface area contributed by atoms with Crippen LogP contribution in [0.5, 0.6) is 0 Å². The van der Waals surface area contributed by atoms with Crippen molar-refractivity contribution < 1.29 is 17.9 Å². The zero-order valence-electron chi connectivity index (χ0n) is 18.3. The summed E-state index contributed by atoms with van der Waals surface area (Å²) >= 11 is 0. The second-order valence-electron chi connectivity index (χ2n) is 8.54. The Morgan fingerprint density at radius 3 is 2.84 bits per heavy atom. The van der Waals surface area contributed by atoms with Gasteiger partial charge in [0.05, 0.1) is 17.1 Å². The van der Waals surface area contributed by atoms with Crippen LogP contribution in [0.4, 0.5) is 22.0 Å². The molecular weight excluding hydrogens is 418 g/mol. The molecule has 2 N–H and O–H groups in total. The molecule has 0 radical (unpaired) electrons. The largest absolute Gasteiger partial charge is 0.446 e. The Morgan fingerprint density at radius 1 is 1.32 bits per heavy atom. The number of hydrogen-bond acceptors (Lipinski definition) is 6. The summed E-state index contributed by atoms with van der Waals surface area (Å²) in [6, 6.07) is 5.95. The van der Waals surface area contributed by atoms with Gasteiger partial charge in [-0.15, -0.1) is 0 Å². The number of ether oxygens (including phenoxy) is 1. The van der Waals surface area contributed by atoms with Crippen molar-refractivity contribution in [1.29, 1.82) is 0 Å². The number of aryl methyl sites for hydroxylation is 2. The zero-order valence-corrected chi connectivity index (χ0v) is 19.1. The molecule has 1 fully saturated rings. The summed E-state index contributed by atoms with van der Waals surface area (Å²) in [6.07, 6.45) is 2.57. The maximum Gasteiger partial charge on any atom is 0.409 e. The number of anilines is 3. The molecule has 1 aliphatic carbocycles. The second kappa shape index (κ2) is 8.07. The van der Waals surface area contributed by atoms with Gasteiger partial charge in [-0.2, -0.15) is 5.10 Å². The van der Waals surface area contributed by atoms with Gasteiger partial charge in [-0.1, -0.05) is 12.1 Å². The first-order chi connectivity index (χ1) is 14.7. The molecule has 2 aliphatic rings. The Balaban J connectivity index is 1.51. The number of rotatable bonds is 4. The summed E-state index contributed by atoms with van der Waals surface area (Å²) in [7, 11) is 1.63. The fourth-order valence-electron chi connectivity index (χ4n) is 4.28. The summed E-state index contributed by atoms with van der Waals surface area (Å²) in [4.78, 5) is 13.2. The van der Waals surface area contributed by atoms with Crippen LogP contribution >= 0.6 is 0 Å². The van der Waals surface area contributed by atoms with Crippen LogP contribution in [0, 0.1) is 6.92 Å². The van der Waals surface area contributed by atoms with Gasteiger partial charge in [0, 0.05) is 38.8 Å². The first kappa shape index (κ1) is 21.5. The minimum absolute atomic E-state index is 0.0955. The van der Waals surface area contributed by atoms with E-state index < -0.39 is 10.0 Å². The SMILES string of the molecule is Cc1ccc2c(c1Nc1cc([C@H]3CC[C@@H](OC(=O)N(C)C)C3)[nH]n1)N(C)S(=O)(=O)CC2. The molecule has 1 amide bonds. The van der Waals surface area contributed by atoms with Gasteiger partial charge in [-0.3, -0.25) is 9.40 Å². The van der Waals surface area contributed by atoms with Gasteiger partial charge in [-0.25, -0.2) is 13.2 Å². The van der Waals surface area contributed by atoms with Gasteiger partial charge in [0.15, 0.2) is 5.82 Å². The molecule has 0 saturated heterocycles. The molecule has 10 heteroatoms. The number of benzene rings is 1. The number of aromatic amines is 1. The van der Waals surface area contributed by atoms with Crippen LogP contribution < -0.4 is 9.62 Å². The van der Waals surface area contributed by atoms with Gasteiger partial charge in [0.25, 0.3) is 0 Å². The average Bonchev–Trinajstić information content (AvgIpc) is 3.36. The molecule has 2 atom stereocenters. The van der Waals surface area contributed by atoms with Crippen LogP contribution in [0.1, 0.15) is 42.0 Å². The smallest absolute Gasteiger partial charge is 0.409 e. The van der Waals surface area contributed by atoms with E-state index in [9.17, 15) is 13.2 Å². The number of carbonyl (C=O) groups excluding carboxylic acids is 1. The van der Waals surface area contributed by atoms with Crippen molar-refractivity contribution in [2.75, 3.05) is 36.5 Å². The minimum atomic E-state index is -3.32. The predicted octanol–water partition coefficient (Wildman–Crippen LogP) is 3.12. The summed E-state index contributed by atoms with van der Waals surface area (Å²) in [5.41, 5.74) is 4.37. The summed E-state index contributed by atoms with van der Waals surface area (Å²) in [6.45, 7) is 1.95. The normalized spacial score (nSPS) is 22.1. The Kier molecular flexibility index (Phi) is 5.59. The van der Waals surface area contributed by atoms with Gasteiger partial charge in [0.1, 0.15) is 6.10 Å². The van der Waals surface area contributed by atoms with Crippen LogP contribution in [0.3, 0.4) is 0 Å². The molecule has 168 valence electrons. The zero-order chi connectivity index (χ0) is 22.3. The maximum atomic E-state index is 12.4. The highest BCUT2D eigenvalue weighted by molar-refractivity contribution is 7.92. The lowest BCUT2D eigenvalue weighted by atomic mass is 10.0. The van der Waals surface area contributed by atoms with E-state index in [1.807, 2.05) is 25.1 Å². The van der Waals surface area contributed by atoms with Gasteiger partial charge in [0.2, 0.25) is 10.0 Å². The van der Waals surface area contributed by atoms with Crippen LogP contribution in [0.2, 0.25) is 0 Å². The highest BCUT2D eigenvalue weighted by Crippen LogP contribution is 2.40. The number of amides is 1. The van der Waals surface area contributed by atoms with E-state index in [4.69, 9.17) is 4.74 Å². The Hall–Kier alpha value is -2.75. The number of aromatic nitrogens is 2. The van der Waals surface area contributed by atoms with Crippen LogP contribution in [0.25, 0.3) is 0 Å². The molecule has 0 unspecified atom stereocenters. The molecule has 0 spiro atoms. The molecule has 1 aromatic carbocycles. The molecule has 1 aliphatic heterocycles. The van der Waals surface area contributed by atoms with Crippen molar-refractivity contribution in [2.45, 2.75) is 44.6 Å². The number of H-pyrrole nitrogens is 1. The topological polar surface area (TPSA) is 108 Å². The van der Waals surface area contributed by atoms with Crippen molar-refractivity contribution in [3.63, 3.8) is 0 Å². The standard InChI is InChI=1S/C21H29N5O4S/c1-13-5-6-14-9-10-31(28,29)26(4)20(14)19(13)22-18-12-17(23-24-18)15-7-8-16(11-15)30-21(27)25(2)3/h5-6,12,15-16H,7-11H2,1-4H3,(H2,22,23,24)/t15-,16+/m0/s1. The van der Waals surface area contributed by atoms with Gasteiger partial charge >= 0.3 is 6.09 Å².